The van der Waals surface area contributed by atoms with Gasteiger partial charge in [0, 0.05) is 14.2 Å². The summed E-state index contributed by atoms with van der Waals surface area (Å²) in [7, 11) is -1.87. The quantitative estimate of drug-likeness (QED) is 0.361. The van der Waals surface area contributed by atoms with E-state index >= 15 is 0 Å². The lowest BCUT2D eigenvalue weighted by Gasteiger charge is -2.27. The van der Waals surface area contributed by atoms with Crippen LogP contribution in [0.25, 0.3) is 0 Å². The van der Waals surface area contributed by atoms with E-state index in [1.807, 2.05) is 19.1 Å². The Morgan fingerprint density at radius 2 is 1.59 bits per heavy atom. The van der Waals surface area contributed by atoms with Gasteiger partial charge in [-0.05, 0) is 52.2 Å². The Balaban J connectivity index is 2.92. The standard InChI is InChI=1S/C18H32NO6PS/c1-6-24-26(20,25-7-2)17(9-8-10-18(22-4)23-5)19-27(21)16-13-11-15(3)12-14-16/h11-14,17-19H,6-10H2,1-5H3/t17-,27?/m1/s1. The number of methoxy groups -OCH3 is 2. The van der Waals surface area contributed by atoms with Gasteiger partial charge in [-0.1, -0.05) is 17.7 Å². The van der Waals surface area contributed by atoms with Gasteiger partial charge < -0.3 is 18.5 Å². The highest BCUT2D eigenvalue weighted by Gasteiger charge is 2.36. The Hall–Kier alpha value is -0.600. The van der Waals surface area contributed by atoms with Crippen molar-refractivity contribution in [2.75, 3.05) is 27.4 Å². The van der Waals surface area contributed by atoms with Crippen LogP contribution < -0.4 is 4.72 Å². The molecular weight excluding hydrogens is 389 g/mol. The molecule has 0 saturated carbocycles. The van der Waals surface area contributed by atoms with Crippen LogP contribution in [-0.2, 0) is 34.1 Å². The molecule has 156 valence electrons. The third kappa shape index (κ3) is 8.11. The molecule has 0 fully saturated rings. The van der Waals surface area contributed by atoms with E-state index in [0.717, 1.165) is 5.56 Å². The van der Waals surface area contributed by atoms with E-state index in [-0.39, 0.29) is 19.5 Å². The summed E-state index contributed by atoms with van der Waals surface area (Å²) in [5.41, 5.74) is 1.08. The zero-order chi connectivity index (χ0) is 20.3. The van der Waals surface area contributed by atoms with Crippen molar-refractivity contribution in [1.29, 1.82) is 0 Å². The van der Waals surface area contributed by atoms with E-state index in [9.17, 15) is 8.77 Å². The average molecular weight is 421 g/mol. The first-order valence-corrected chi connectivity index (χ1v) is 11.8. The number of hydrogen-bond acceptors (Lipinski definition) is 6. The van der Waals surface area contributed by atoms with Crippen LogP contribution >= 0.6 is 7.60 Å². The second kappa shape index (κ2) is 12.8. The van der Waals surface area contributed by atoms with Crippen molar-refractivity contribution < 1.29 is 27.3 Å². The van der Waals surface area contributed by atoms with E-state index in [1.54, 1.807) is 40.2 Å². The fourth-order valence-electron chi connectivity index (χ4n) is 2.52. The number of aryl methyl sites for hydroxylation is 1. The smallest absolute Gasteiger partial charge is 0.348 e. The monoisotopic (exact) mass is 421 g/mol. The molecule has 1 N–H and O–H groups in total. The summed E-state index contributed by atoms with van der Waals surface area (Å²) < 4.78 is 50.3. The van der Waals surface area contributed by atoms with Gasteiger partial charge in [-0.15, -0.1) is 0 Å². The summed E-state index contributed by atoms with van der Waals surface area (Å²) in [6.45, 7) is 5.96. The molecular formula is C18H32NO6PS. The molecule has 0 radical (unpaired) electrons. The van der Waals surface area contributed by atoms with Gasteiger partial charge in [0.25, 0.3) is 0 Å². The molecule has 27 heavy (non-hydrogen) atoms. The number of ether oxygens (including phenoxy) is 2. The Bertz CT molecular complexity index is 598. The Labute approximate surface area is 165 Å². The molecule has 0 aliphatic heterocycles. The zero-order valence-corrected chi connectivity index (χ0v) is 18.5. The highest BCUT2D eigenvalue weighted by Crippen LogP contribution is 2.53. The van der Waals surface area contributed by atoms with Crippen molar-refractivity contribution in [3.63, 3.8) is 0 Å². The lowest BCUT2D eigenvalue weighted by Crippen LogP contribution is -2.33. The summed E-state index contributed by atoms with van der Waals surface area (Å²) in [5, 5.41) is 0. The summed E-state index contributed by atoms with van der Waals surface area (Å²) in [6.07, 6.45) is 1.35. The van der Waals surface area contributed by atoms with Crippen molar-refractivity contribution in [3.8, 4) is 0 Å². The Morgan fingerprint density at radius 3 is 2.07 bits per heavy atom. The normalized spacial score (nSPS) is 14.4. The molecule has 0 aliphatic rings. The van der Waals surface area contributed by atoms with Crippen molar-refractivity contribution in [2.45, 2.75) is 57.0 Å². The van der Waals surface area contributed by atoms with Gasteiger partial charge in [-0.3, -0.25) is 4.57 Å². The van der Waals surface area contributed by atoms with Crippen LogP contribution in [0.1, 0.15) is 38.7 Å². The van der Waals surface area contributed by atoms with E-state index in [2.05, 4.69) is 4.72 Å². The van der Waals surface area contributed by atoms with Gasteiger partial charge >= 0.3 is 7.60 Å². The summed E-state index contributed by atoms with van der Waals surface area (Å²) in [5.74, 6) is -0.700. The van der Waals surface area contributed by atoms with Crippen LogP contribution in [0.3, 0.4) is 0 Å². The minimum absolute atomic E-state index is 0.241. The number of benzene rings is 1. The predicted molar refractivity (Wildman–Crippen MR) is 107 cm³/mol. The molecule has 0 aliphatic carbocycles. The van der Waals surface area contributed by atoms with Crippen LogP contribution in [-0.4, -0.2) is 43.7 Å². The third-order valence-corrected chi connectivity index (χ3v) is 7.68. The molecule has 0 heterocycles. The summed E-state index contributed by atoms with van der Waals surface area (Å²) >= 11 is 0. The molecule has 0 aromatic heterocycles. The first-order chi connectivity index (χ1) is 12.9. The minimum atomic E-state index is -3.48. The van der Waals surface area contributed by atoms with Gasteiger partial charge in [0.05, 0.1) is 18.1 Å². The maximum atomic E-state index is 13.2. The second-order valence-corrected chi connectivity index (χ2v) is 9.39. The fraction of sp³-hybridized carbons (Fsp3) is 0.667. The highest BCUT2D eigenvalue weighted by molar-refractivity contribution is 7.83. The number of rotatable bonds is 14. The molecule has 1 unspecified atom stereocenters. The van der Waals surface area contributed by atoms with Crippen molar-refractivity contribution >= 4 is 18.6 Å². The third-order valence-electron chi connectivity index (χ3n) is 3.92. The molecule has 7 nitrogen and oxygen atoms in total. The van der Waals surface area contributed by atoms with Gasteiger partial charge in [-0.2, -0.15) is 0 Å². The molecule has 0 spiro atoms. The van der Waals surface area contributed by atoms with E-state index in [4.69, 9.17) is 18.5 Å². The number of nitrogens with one attached hydrogen (secondary N) is 1. The lowest BCUT2D eigenvalue weighted by molar-refractivity contribution is -0.107. The van der Waals surface area contributed by atoms with E-state index < -0.39 is 24.4 Å². The molecule has 1 aromatic rings. The highest BCUT2D eigenvalue weighted by atomic mass is 32.2. The molecule has 2 atom stereocenters. The molecule has 0 saturated heterocycles. The Morgan fingerprint density at radius 1 is 1.04 bits per heavy atom. The van der Waals surface area contributed by atoms with Crippen molar-refractivity contribution in [2.24, 2.45) is 0 Å². The van der Waals surface area contributed by atoms with Crippen molar-refractivity contribution in [3.05, 3.63) is 29.8 Å². The molecule has 0 bridgehead atoms. The SMILES string of the molecule is CCOP(=O)(OCC)[C@H](CCCC(OC)OC)NS(=O)c1ccc(C)cc1. The molecule has 9 heteroatoms. The van der Waals surface area contributed by atoms with Crippen LogP contribution in [0.15, 0.2) is 29.2 Å². The molecule has 1 rings (SSSR count). The lowest BCUT2D eigenvalue weighted by atomic mass is 10.2. The van der Waals surface area contributed by atoms with Crippen molar-refractivity contribution in [1.82, 2.24) is 4.72 Å². The second-order valence-electron chi connectivity index (χ2n) is 5.92. The van der Waals surface area contributed by atoms with Gasteiger partial charge in [-0.25, -0.2) is 8.93 Å². The summed E-state index contributed by atoms with van der Waals surface area (Å²) in [6, 6.07) is 7.34. The van der Waals surface area contributed by atoms with Crippen LogP contribution in [0.4, 0.5) is 0 Å². The topological polar surface area (TPSA) is 83.1 Å². The Kier molecular flexibility index (Phi) is 11.6. The first-order valence-electron chi connectivity index (χ1n) is 9.09. The fourth-order valence-corrected chi connectivity index (χ4v) is 5.86. The average Bonchev–Trinajstić information content (AvgIpc) is 2.65. The maximum Gasteiger partial charge on any atom is 0.348 e. The first kappa shape index (κ1) is 24.4. The van der Waals surface area contributed by atoms with Gasteiger partial charge in [0.15, 0.2) is 6.29 Å². The minimum Gasteiger partial charge on any atom is -0.356 e. The van der Waals surface area contributed by atoms with E-state index in [0.29, 0.717) is 24.2 Å². The van der Waals surface area contributed by atoms with Gasteiger partial charge in [0.1, 0.15) is 16.8 Å². The van der Waals surface area contributed by atoms with E-state index in [1.165, 1.54) is 0 Å². The number of hydrogen-bond donors (Lipinski definition) is 1. The zero-order valence-electron chi connectivity index (χ0n) is 16.8. The van der Waals surface area contributed by atoms with Crippen LogP contribution in [0.5, 0.6) is 0 Å². The summed E-state index contributed by atoms with van der Waals surface area (Å²) in [4.78, 5) is 0.608. The molecule has 0 amide bonds. The van der Waals surface area contributed by atoms with Crippen LogP contribution in [0, 0.1) is 6.92 Å². The predicted octanol–water partition coefficient (Wildman–Crippen LogP) is 3.99. The molecule has 1 aromatic carbocycles. The van der Waals surface area contributed by atoms with Crippen LogP contribution in [0.2, 0.25) is 0 Å². The maximum absolute atomic E-state index is 13.2. The largest absolute Gasteiger partial charge is 0.356 e. The van der Waals surface area contributed by atoms with Gasteiger partial charge in [0.2, 0.25) is 0 Å².